The fraction of sp³-hybridized carbons (Fsp3) is 0.629. The van der Waals surface area contributed by atoms with Gasteiger partial charge >= 0.3 is 0 Å². The number of ketones is 1. The Hall–Kier alpha value is -2.53. The number of hydrogen-bond donors (Lipinski definition) is 1. The fourth-order valence-electron chi connectivity index (χ4n) is 5.89. The van der Waals surface area contributed by atoms with Crippen LogP contribution in [-0.2, 0) is 11.2 Å². The van der Waals surface area contributed by atoms with Gasteiger partial charge in [0.25, 0.3) is 0 Å². The van der Waals surface area contributed by atoms with E-state index in [1.165, 1.54) is 61.8 Å². The standard InChI is InChI=1S/C35H53N3O2/c1-5-6-25-40-34-22-8-7-16-30(34)17-12-21-32(39)20-11-15-29-13-9-18-31(19-10-14-29)35-33(24-23-27(2)36-4)28(3)37-26-38-35/h7-8,16,22-24,26-27,29,31,36H,5-6,9-15,17-21,25H2,1-4H3. The lowest BCUT2D eigenvalue weighted by molar-refractivity contribution is -0.119. The van der Waals surface area contributed by atoms with Gasteiger partial charge in [-0.2, -0.15) is 0 Å². The number of rotatable bonds is 16. The molecule has 1 atom stereocenters. The number of unbranched alkanes of at least 4 members (excludes halogenated alkanes) is 1. The van der Waals surface area contributed by atoms with Crippen LogP contribution in [0.1, 0.15) is 126 Å². The van der Waals surface area contributed by atoms with Crippen molar-refractivity contribution < 1.29 is 9.53 Å². The summed E-state index contributed by atoms with van der Waals surface area (Å²) in [5, 5.41) is 3.27. The molecule has 2 aromatic rings. The van der Waals surface area contributed by atoms with Gasteiger partial charge < -0.3 is 10.1 Å². The predicted octanol–water partition coefficient (Wildman–Crippen LogP) is 8.40. The van der Waals surface area contributed by atoms with Gasteiger partial charge in [0.2, 0.25) is 0 Å². The minimum atomic E-state index is 0.323. The Morgan fingerprint density at radius 2 is 1.82 bits per heavy atom. The van der Waals surface area contributed by atoms with Crippen LogP contribution in [0.4, 0.5) is 0 Å². The van der Waals surface area contributed by atoms with Crippen molar-refractivity contribution in [1.29, 1.82) is 0 Å². The summed E-state index contributed by atoms with van der Waals surface area (Å²) in [7, 11) is 1.98. The molecule has 1 aromatic carbocycles. The largest absolute Gasteiger partial charge is 0.493 e. The molecule has 3 rings (SSSR count). The average molecular weight is 548 g/mol. The summed E-state index contributed by atoms with van der Waals surface area (Å²) in [6.07, 6.45) is 21.2. The number of hydrogen-bond acceptors (Lipinski definition) is 5. The van der Waals surface area contributed by atoms with E-state index in [2.05, 4.69) is 61.4 Å². The third-order valence-electron chi connectivity index (χ3n) is 8.54. The second-order valence-electron chi connectivity index (χ2n) is 11.7. The van der Waals surface area contributed by atoms with E-state index in [9.17, 15) is 4.79 Å². The van der Waals surface area contributed by atoms with Gasteiger partial charge in [0.15, 0.2) is 0 Å². The second kappa shape index (κ2) is 18.0. The molecule has 0 radical (unpaired) electrons. The number of Topliss-reactive ketones (excluding diaryl/α,β-unsaturated/α-hetero) is 1. The molecule has 5 nitrogen and oxygen atoms in total. The topological polar surface area (TPSA) is 64.1 Å². The molecular formula is C35H53N3O2. The Bertz CT molecular complexity index is 1040. The molecule has 0 spiro atoms. The third kappa shape index (κ3) is 10.8. The van der Waals surface area contributed by atoms with Crippen molar-refractivity contribution in [1.82, 2.24) is 15.3 Å². The number of likely N-dealkylation sites (N-methyl/N-ethyl adjacent to an activating group) is 1. The molecule has 1 aliphatic rings. The van der Waals surface area contributed by atoms with Crippen molar-refractivity contribution >= 4 is 11.9 Å². The number of benzene rings is 1. The molecule has 1 N–H and O–H groups in total. The maximum Gasteiger partial charge on any atom is 0.132 e. The molecule has 1 aliphatic carbocycles. The molecule has 220 valence electrons. The molecule has 1 fully saturated rings. The zero-order valence-electron chi connectivity index (χ0n) is 25.6. The van der Waals surface area contributed by atoms with Gasteiger partial charge in [0, 0.05) is 36.1 Å². The number of aryl methyl sites for hydroxylation is 2. The first-order valence-corrected chi connectivity index (χ1v) is 15.9. The summed E-state index contributed by atoms with van der Waals surface area (Å²) in [6, 6.07) is 8.62. The summed E-state index contributed by atoms with van der Waals surface area (Å²) < 4.78 is 5.96. The number of ether oxygens (including phenoxy) is 1. The zero-order valence-corrected chi connectivity index (χ0v) is 25.6. The van der Waals surface area contributed by atoms with Gasteiger partial charge in [0.1, 0.15) is 17.9 Å². The first-order chi connectivity index (χ1) is 19.5. The van der Waals surface area contributed by atoms with E-state index >= 15 is 0 Å². The summed E-state index contributed by atoms with van der Waals surface area (Å²) in [5.41, 5.74) is 4.73. The summed E-state index contributed by atoms with van der Waals surface area (Å²) >= 11 is 0. The number of carbonyl (C=O) groups excluding carboxylic acids is 1. The maximum absolute atomic E-state index is 12.6. The van der Waals surface area contributed by atoms with Gasteiger partial charge in [-0.15, -0.1) is 0 Å². The van der Waals surface area contributed by atoms with Crippen molar-refractivity contribution in [3.8, 4) is 5.75 Å². The lowest BCUT2D eigenvalue weighted by Crippen LogP contribution is -2.18. The van der Waals surface area contributed by atoms with Crippen molar-refractivity contribution in [2.75, 3.05) is 13.7 Å². The Balaban J connectivity index is 1.38. The van der Waals surface area contributed by atoms with Crippen LogP contribution in [0.25, 0.3) is 6.08 Å². The summed E-state index contributed by atoms with van der Waals surface area (Å²) in [6.45, 7) is 7.20. The first kappa shape index (κ1) is 32.0. The van der Waals surface area contributed by atoms with E-state index in [1.54, 1.807) is 6.33 Å². The smallest absolute Gasteiger partial charge is 0.132 e. The van der Waals surface area contributed by atoms with Gasteiger partial charge in [-0.3, -0.25) is 4.79 Å². The SMILES string of the molecule is CCCCOc1ccccc1CCCC(=O)CCCC1CCCC(c2ncnc(C)c2C=CC(C)NC)CCC1. The van der Waals surface area contributed by atoms with Crippen LogP contribution in [0, 0.1) is 12.8 Å². The Labute approximate surface area is 243 Å². The molecule has 0 bridgehead atoms. The average Bonchev–Trinajstić information content (AvgIpc) is 2.94. The number of para-hydroxylation sites is 1. The van der Waals surface area contributed by atoms with Gasteiger partial charge in [-0.25, -0.2) is 9.97 Å². The van der Waals surface area contributed by atoms with E-state index in [-0.39, 0.29) is 0 Å². The molecule has 1 saturated carbocycles. The summed E-state index contributed by atoms with van der Waals surface area (Å²) in [4.78, 5) is 21.9. The molecule has 1 aromatic heterocycles. The number of aromatic nitrogens is 2. The van der Waals surface area contributed by atoms with Crippen molar-refractivity contribution in [2.24, 2.45) is 5.92 Å². The molecular weight excluding hydrogens is 494 g/mol. The van der Waals surface area contributed by atoms with E-state index in [0.717, 1.165) is 62.5 Å². The highest BCUT2D eigenvalue weighted by Gasteiger charge is 2.22. The van der Waals surface area contributed by atoms with Crippen molar-refractivity contribution in [3.05, 3.63) is 59.2 Å². The molecule has 1 heterocycles. The van der Waals surface area contributed by atoms with E-state index in [0.29, 0.717) is 24.2 Å². The molecule has 40 heavy (non-hydrogen) atoms. The fourth-order valence-corrected chi connectivity index (χ4v) is 5.89. The molecule has 0 saturated heterocycles. The molecule has 0 aliphatic heterocycles. The highest BCUT2D eigenvalue weighted by atomic mass is 16.5. The summed E-state index contributed by atoms with van der Waals surface area (Å²) in [5.74, 6) is 2.67. The Kier molecular flexibility index (Phi) is 14.4. The van der Waals surface area contributed by atoms with Crippen molar-refractivity contribution in [3.63, 3.8) is 0 Å². The van der Waals surface area contributed by atoms with Crippen LogP contribution in [0.15, 0.2) is 36.7 Å². The number of nitrogens with zero attached hydrogens (tertiary/aromatic N) is 2. The number of carbonyl (C=O) groups is 1. The van der Waals surface area contributed by atoms with Gasteiger partial charge in [-0.05, 0) is 77.0 Å². The molecule has 5 heteroatoms. The zero-order chi connectivity index (χ0) is 28.6. The predicted molar refractivity (Wildman–Crippen MR) is 167 cm³/mol. The van der Waals surface area contributed by atoms with Crippen LogP contribution in [0.3, 0.4) is 0 Å². The minimum Gasteiger partial charge on any atom is -0.493 e. The Morgan fingerprint density at radius 3 is 2.58 bits per heavy atom. The quantitative estimate of drug-likeness (QED) is 0.214. The van der Waals surface area contributed by atoms with Gasteiger partial charge in [0.05, 0.1) is 12.3 Å². The van der Waals surface area contributed by atoms with Crippen molar-refractivity contribution in [2.45, 2.75) is 123 Å². The molecule has 0 amide bonds. The lowest BCUT2D eigenvalue weighted by Gasteiger charge is -2.25. The highest BCUT2D eigenvalue weighted by Crippen LogP contribution is 2.35. The normalized spacial score (nSPS) is 18.8. The second-order valence-corrected chi connectivity index (χ2v) is 11.7. The maximum atomic E-state index is 12.6. The highest BCUT2D eigenvalue weighted by molar-refractivity contribution is 5.78. The minimum absolute atomic E-state index is 0.323. The van der Waals surface area contributed by atoms with Crippen LogP contribution in [0.2, 0.25) is 0 Å². The van der Waals surface area contributed by atoms with Crippen LogP contribution < -0.4 is 10.1 Å². The third-order valence-corrected chi connectivity index (χ3v) is 8.54. The Morgan fingerprint density at radius 1 is 1.07 bits per heavy atom. The van der Waals surface area contributed by atoms with Crippen LogP contribution >= 0.6 is 0 Å². The molecule has 1 unspecified atom stereocenters. The van der Waals surface area contributed by atoms with E-state index in [1.807, 2.05) is 13.1 Å². The van der Waals surface area contributed by atoms with E-state index < -0.39 is 0 Å². The monoisotopic (exact) mass is 547 g/mol. The van der Waals surface area contributed by atoms with Gasteiger partial charge in [-0.1, -0.05) is 75.8 Å². The number of nitrogens with one attached hydrogen (secondary N) is 1. The first-order valence-electron chi connectivity index (χ1n) is 15.9. The van der Waals surface area contributed by atoms with E-state index in [4.69, 9.17) is 9.72 Å². The lowest BCUT2D eigenvalue weighted by atomic mass is 9.81. The van der Waals surface area contributed by atoms with Crippen LogP contribution in [-0.4, -0.2) is 35.4 Å². The van der Waals surface area contributed by atoms with Crippen LogP contribution in [0.5, 0.6) is 5.75 Å².